The summed E-state index contributed by atoms with van der Waals surface area (Å²) in [6.07, 6.45) is -10.2. The predicted molar refractivity (Wildman–Crippen MR) is 172 cm³/mol. The minimum atomic E-state index is -4.38. The van der Waals surface area contributed by atoms with E-state index in [4.69, 9.17) is 9.47 Å². The lowest BCUT2D eigenvalue weighted by Gasteiger charge is -2.50. The number of nitrogens with zero attached hydrogens (tertiary/aromatic N) is 1. The van der Waals surface area contributed by atoms with Crippen LogP contribution in [0.5, 0.6) is 0 Å². The number of ether oxygens (including phenoxy) is 2. The highest BCUT2D eigenvalue weighted by Crippen LogP contribution is 2.47. The molecule has 5 rings (SSSR count). The zero-order valence-electron chi connectivity index (χ0n) is 27.8. The Kier molecular flexibility index (Phi) is 12.5. The van der Waals surface area contributed by atoms with Gasteiger partial charge in [-0.2, -0.15) is 0 Å². The largest absolute Gasteiger partial charge is 0.381 e. The van der Waals surface area contributed by atoms with Crippen LogP contribution in [0.1, 0.15) is 65.7 Å². The number of halogens is 5. The highest BCUT2D eigenvalue weighted by molar-refractivity contribution is 8.00. The quantitative estimate of drug-likeness (QED) is 0.215. The number of thioether (sulfide) groups is 1. The second kappa shape index (κ2) is 15.5. The highest BCUT2D eigenvalue weighted by Gasteiger charge is 2.59. The average molecular weight is 721 g/mol. The molecule has 3 aliphatic heterocycles. The first-order valence-electron chi connectivity index (χ1n) is 16.9. The molecule has 274 valence electrons. The highest BCUT2D eigenvalue weighted by atomic mass is 32.2. The van der Waals surface area contributed by atoms with E-state index in [2.05, 4.69) is 38.6 Å². The lowest BCUT2D eigenvalue weighted by atomic mass is 9.76. The Labute approximate surface area is 280 Å². The molecule has 0 amide bonds. The fourth-order valence-corrected chi connectivity index (χ4v) is 11.8. The topological polar surface area (TPSA) is 116 Å². The van der Waals surface area contributed by atoms with Gasteiger partial charge in [0.15, 0.2) is 9.84 Å². The van der Waals surface area contributed by atoms with E-state index in [0.717, 1.165) is 46.2 Å². The summed E-state index contributed by atoms with van der Waals surface area (Å²) in [4.78, 5) is 2.32. The van der Waals surface area contributed by atoms with Crippen molar-refractivity contribution in [2.24, 2.45) is 5.92 Å². The molecule has 47 heavy (non-hydrogen) atoms. The van der Waals surface area contributed by atoms with Crippen molar-refractivity contribution < 1.29 is 39.8 Å². The molecule has 5 aliphatic rings. The molecule has 0 aromatic rings. The number of nitrogens with one attached hydrogen (secondary N) is 5. The summed E-state index contributed by atoms with van der Waals surface area (Å²) in [7, 11) is -0.996. The van der Waals surface area contributed by atoms with Crippen molar-refractivity contribution in [1.82, 2.24) is 31.7 Å². The van der Waals surface area contributed by atoms with Crippen molar-refractivity contribution in [1.29, 1.82) is 0 Å². The molecule has 5 N–H and O–H groups in total. The van der Waals surface area contributed by atoms with E-state index in [1.54, 1.807) is 14.2 Å². The standard InChI is InChI=1S/C30H53F5N6O4S2/c1-15-12-22(40-39-15)36-27-26(45-5)28(41-10-8-16(44-4)9-11-41)38-29(37-27)46-21-7-6-17(13-18(21)31)47(42,43)30(2,3)23-24(34)19(32)14-20(33)25(23)35/h15-29,36-40H,6-14H2,1-5H3. The van der Waals surface area contributed by atoms with Gasteiger partial charge >= 0.3 is 0 Å². The number of hydrogen-bond donors (Lipinski definition) is 5. The fourth-order valence-electron chi connectivity index (χ4n) is 8.12. The van der Waals surface area contributed by atoms with Gasteiger partial charge in [-0.05, 0) is 59.3 Å². The Bertz CT molecular complexity index is 1130. The van der Waals surface area contributed by atoms with Crippen molar-refractivity contribution in [2.45, 2.75) is 154 Å². The zero-order valence-corrected chi connectivity index (χ0v) is 29.4. The Morgan fingerprint density at radius 2 is 1.51 bits per heavy atom. The minimum Gasteiger partial charge on any atom is -0.381 e. The molecule has 13 atom stereocenters. The molecule has 0 bridgehead atoms. The number of rotatable bonds is 10. The molecular weight excluding hydrogens is 667 g/mol. The smallest absolute Gasteiger partial charge is 0.158 e. The summed E-state index contributed by atoms with van der Waals surface area (Å²) >= 11 is 1.35. The normalized spacial score (nSPS) is 44.9. The van der Waals surface area contributed by atoms with Crippen LogP contribution in [0.15, 0.2) is 0 Å². The number of sulfone groups is 1. The van der Waals surface area contributed by atoms with E-state index < -0.39 is 73.8 Å². The predicted octanol–water partition coefficient (Wildman–Crippen LogP) is 2.60. The number of methoxy groups -OCH3 is 2. The second-order valence-electron chi connectivity index (χ2n) is 14.4. The molecule has 17 heteroatoms. The van der Waals surface area contributed by atoms with Crippen LogP contribution in [0.3, 0.4) is 0 Å². The molecule has 0 radical (unpaired) electrons. The summed E-state index contributed by atoms with van der Waals surface area (Å²) in [5, 5.41) is 8.96. The van der Waals surface area contributed by atoms with Gasteiger partial charge in [0.1, 0.15) is 42.5 Å². The number of hydrogen-bond acceptors (Lipinski definition) is 11. The molecule has 2 saturated carbocycles. The second-order valence-corrected chi connectivity index (χ2v) is 18.6. The van der Waals surface area contributed by atoms with Gasteiger partial charge in [0.25, 0.3) is 0 Å². The van der Waals surface area contributed by atoms with Crippen LogP contribution in [0, 0.1) is 5.92 Å². The van der Waals surface area contributed by atoms with Crippen LogP contribution in [-0.4, -0.2) is 129 Å². The van der Waals surface area contributed by atoms with E-state index in [1.165, 1.54) is 11.8 Å². The molecule has 0 spiro atoms. The van der Waals surface area contributed by atoms with Gasteiger partial charge in [-0.3, -0.25) is 26.3 Å². The summed E-state index contributed by atoms with van der Waals surface area (Å²) in [6, 6.07) is 0.273. The average Bonchev–Trinajstić information content (AvgIpc) is 3.44. The Balaban J connectivity index is 1.27. The maximum atomic E-state index is 15.9. The van der Waals surface area contributed by atoms with E-state index >= 15 is 4.39 Å². The first-order chi connectivity index (χ1) is 22.2. The lowest BCUT2D eigenvalue weighted by molar-refractivity contribution is -0.0736. The van der Waals surface area contributed by atoms with Crippen LogP contribution in [-0.2, 0) is 19.3 Å². The van der Waals surface area contributed by atoms with Crippen LogP contribution in [0.4, 0.5) is 22.0 Å². The molecule has 10 nitrogen and oxygen atoms in total. The Morgan fingerprint density at radius 1 is 0.851 bits per heavy atom. The molecule has 0 aromatic carbocycles. The molecule has 3 saturated heterocycles. The third-order valence-corrected chi connectivity index (χ3v) is 15.5. The van der Waals surface area contributed by atoms with Crippen LogP contribution in [0.25, 0.3) is 0 Å². The first kappa shape index (κ1) is 37.9. The third kappa shape index (κ3) is 7.93. The van der Waals surface area contributed by atoms with E-state index in [0.29, 0.717) is 0 Å². The summed E-state index contributed by atoms with van der Waals surface area (Å²) < 4.78 is 111. The maximum absolute atomic E-state index is 15.9. The van der Waals surface area contributed by atoms with Gasteiger partial charge in [-0.25, -0.2) is 35.8 Å². The van der Waals surface area contributed by atoms with Gasteiger partial charge in [-0.1, -0.05) is 0 Å². The molecule has 5 fully saturated rings. The number of alkyl halides is 5. The summed E-state index contributed by atoms with van der Waals surface area (Å²) in [6.45, 7) is 5.89. The lowest BCUT2D eigenvalue weighted by Crippen LogP contribution is -2.75. The zero-order chi connectivity index (χ0) is 34.3. The van der Waals surface area contributed by atoms with E-state index in [-0.39, 0.29) is 56.0 Å². The molecule has 13 unspecified atom stereocenters. The van der Waals surface area contributed by atoms with E-state index in [9.17, 15) is 26.0 Å². The van der Waals surface area contributed by atoms with Crippen molar-refractivity contribution in [3.05, 3.63) is 0 Å². The molecule has 3 heterocycles. The van der Waals surface area contributed by atoms with E-state index in [1.807, 2.05) is 0 Å². The molecule has 0 aromatic heterocycles. The van der Waals surface area contributed by atoms with Gasteiger partial charge in [-0.15, -0.1) is 11.8 Å². The van der Waals surface area contributed by atoms with Crippen molar-refractivity contribution in [3.8, 4) is 0 Å². The molecular formula is C30H53F5N6O4S2. The number of piperidine rings is 1. The van der Waals surface area contributed by atoms with Crippen molar-refractivity contribution in [2.75, 3.05) is 27.3 Å². The van der Waals surface area contributed by atoms with Gasteiger partial charge in [0.2, 0.25) is 0 Å². The SMILES string of the molecule is COC1CCN(C2NC(SC3CCC(S(=O)(=O)C(C)(C)C4C(F)C(F)CC(F)C4F)CC3F)NC(NC3CC(C)NN3)C2OC)CC1. The van der Waals surface area contributed by atoms with Gasteiger partial charge < -0.3 is 9.47 Å². The monoisotopic (exact) mass is 720 g/mol. The van der Waals surface area contributed by atoms with Crippen LogP contribution >= 0.6 is 11.8 Å². The molecule has 2 aliphatic carbocycles. The first-order valence-corrected chi connectivity index (χ1v) is 19.3. The summed E-state index contributed by atoms with van der Waals surface area (Å²) in [5.41, 5.74) is 6.06. The van der Waals surface area contributed by atoms with Crippen LogP contribution in [0.2, 0.25) is 0 Å². The van der Waals surface area contributed by atoms with Crippen LogP contribution < -0.4 is 26.8 Å². The minimum absolute atomic E-state index is 0.0287. The van der Waals surface area contributed by atoms with Gasteiger partial charge in [0.05, 0.1) is 34.6 Å². The van der Waals surface area contributed by atoms with Crippen molar-refractivity contribution >= 4 is 21.6 Å². The Morgan fingerprint density at radius 3 is 2.06 bits per heavy atom. The summed E-state index contributed by atoms with van der Waals surface area (Å²) in [5.74, 6) is -2.02. The number of hydrazine groups is 1. The van der Waals surface area contributed by atoms with Crippen molar-refractivity contribution in [3.63, 3.8) is 0 Å². The maximum Gasteiger partial charge on any atom is 0.158 e. The third-order valence-electron chi connectivity index (χ3n) is 11.0. The fraction of sp³-hybridized carbons (Fsp3) is 1.00. The Hall–Kier alpha value is -0.370. The van der Waals surface area contributed by atoms with Gasteiger partial charge in [0, 0.05) is 50.9 Å². The number of likely N-dealkylation sites (tertiary alicyclic amines) is 1.